The van der Waals surface area contributed by atoms with Crippen LogP contribution in [0, 0.1) is 5.82 Å². The zero-order valence-electron chi connectivity index (χ0n) is 12.8. The van der Waals surface area contributed by atoms with Crippen molar-refractivity contribution in [2.45, 2.75) is 50.7 Å². The molecule has 1 saturated carbocycles. The van der Waals surface area contributed by atoms with E-state index in [1.165, 1.54) is 6.07 Å². The Balaban J connectivity index is 0.00000242. The van der Waals surface area contributed by atoms with E-state index >= 15 is 0 Å². The van der Waals surface area contributed by atoms with E-state index < -0.39 is 11.4 Å². The predicted molar refractivity (Wildman–Crippen MR) is 86.8 cm³/mol. The summed E-state index contributed by atoms with van der Waals surface area (Å²) in [7, 11) is 0. The number of hydrogen-bond donors (Lipinski definition) is 2. The smallest absolute Gasteiger partial charge is 0.240 e. The number of halogens is 2. The molecule has 0 saturated heterocycles. The molecule has 1 unspecified atom stereocenters. The van der Waals surface area contributed by atoms with Crippen molar-refractivity contribution in [1.82, 2.24) is 5.32 Å². The van der Waals surface area contributed by atoms with Gasteiger partial charge in [-0.05, 0) is 31.9 Å². The summed E-state index contributed by atoms with van der Waals surface area (Å²) in [6.07, 6.45) is 4.25. The summed E-state index contributed by atoms with van der Waals surface area (Å²) in [6.45, 7) is 2.10. The first-order valence-electron chi connectivity index (χ1n) is 7.50. The molecular weight excluding hydrogens is 307 g/mol. The predicted octanol–water partition coefficient (Wildman–Crippen LogP) is 2.79. The highest BCUT2D eigenvalue weighted by Crippen LogP contribution is 2.26. The van der Waals surface area contributed by atoms with Crippen LogP contribution in [0.5, 0.6) is 5.75 Å². The van der Waals surface area contributed by atoms with Crippen LogP contribution in [0.1, 0.15) is 39.0 Å². The topological polar surface area (TPSA) is 64.4 Å². The second-order valence-corrected chi connectivity index (χ2v) is 5.79. The fourth-order valence-electron chi connectivity index (χ4n) is 2.62. The zero-order chi connectivity index (χ0) is 15.3. The number of carbonyl (C=O) groups is 1. The average Bonchev–Trinajstić information content (AvgIpc) is 2.48. The normalized spacial score (nSPS) is 18.0. The zero-order valence-corrected chi connectivity index (χ0v) is 13.6. The molecule has 0 aliphatic heterocycles. The Morgan fingerprint density at radius 3 is 2.64 bits per heavy atom. The largest absolute Gasteiger partial charge is 0.486 e. The molecule has 0 radical (unpaired) electrons. The fourth-order valence-corrected chi connectivity index (χ4v) is 2.62. The molecule has 1 atom stereocenters. The van der Waals surface area contributed by atoms with Crippen LogP contribution >= 0.6 is 12.4 Å². The maximum absolute atomic E-state index is 13.5. The van der Waals surface area contributed by atoms with E-state index in [2.05, 4.69) is 5.32 Å². The van der Waals surface area contributed by atoms with Gasteiger partial charge in [-0.2, -0.15) is 0 Å². The van der Waals surface area contributed by atoms with Gasteiger partial charge >= 0.3 is 0 Å². The van der Waals surface area contributed by atoms with E-state index in [0.717, 1.165) is 32.1 Å². The van der Waals surface area contributed by atoms with Crippen molar-refractivity contribution >= 4 is 18.3 Å². The Hall–Kier alpha value is -1.33. The Labute approximate surface area is 137 Å². The summed E-state index contributed by atoms with van der Waals surface area (Å²) in [5.74, 6) is -0.344. The number of benzene rings is 1. The minimum Gasteiger partial charge on any atom is -0.486 e. The molecule has 124 valence electrons. The highest BCUT2D eigenvalue weighted by atomic mass is 35.5. The van der Waals surface area contributed by atoms with Crippen LogP contribution in [0.4, 0.5) is 4.39 Å². The van der Waals surface area contributed by atoms with Crippen molar-refractivity contribution in [1.29, 1.82) is 0 Å². The van der Waals surface area contributed by atoms with Crippen LogP contribution in [0.2, 0.25) is 0 Å². The molecule has 0 bridgehead atoms. The monoisotopic (exact) mass is 330 g/mol. The first-order valence-corrected chi connectivity index (χ1v) is 7.50. The van der Waals surface area contributed by atoms with Gasteiger partial charge in [0.1, 0.15) is 6.10 Å². The summed E-state index contributed by atoms with van der Waals surface area (Å²) in [5, 5.41) is 2.82. The molecule has 3 N–H and O–H groups in total. The summed E-state index contributed by atoms with van der Waals surface area (Å²) in [5.41, 5.74) is 5.40. The first kappa shape index (κ1) is 18.7. The standard InChI is InChI=1S/C16H23FN2O2.ClH/c1-12(21-14-8-4-3-7-13(14)17)11-19-15(20)16(18)9-5-2-6-10-16;/h3-4,7-8,12H,2,5-6,9-11,18H2,1H3,(H,19,20);1H. The average molecular weight is 331 g/mol. The lowest BCUT2D eigenvalue weighted by atomic mass is 9.82. The molecule has 0 aromatic heterocycles. The van der Waals surface area contributed by atoms with Crippen molar-refractivity contribution < 1.29 is 13.9 Å². The van der Waals surface area contributed by atoms with Crippen molar-refractivity contribution in [3.63, 3.8) is 0 Å². The number of amides is 1. The Kier molecular flexibility index (Phi) is 7.10. The molecule has 22 heavy (non-hydrogen) atoms. The number of ether oxygens (including phenoxy) is 1. The highest BCUT2D eigenvalue weighted by molar-refractivity contribution is 5.86. The van der Waals surface area contributed by atoms with Gasteiger partial charge in [0.25, 0.3) is 0 Å². The Bertz CT molecular complexity index is 493. The fraction of sp³-hybridized carbons (Fsp3) is 0.562. The molecule has 1 aliphatic carbocycles. The highest BCUT2D eigenvalue weighted by Gasteiger charge is 2.35. The quantitative estimate of drug-likeness (QED) is 0.872. The van der Waals surface area contributed by atoms with E-state index in [1.807, 2.05) is 0 Å². The van der Waals surface area contributed by atoms with Gasteiger partial charge in [-0.3, -0.25) is 4.79 Å². The maximum Gasteiger partial charge on any atom is 0.240 e. The van der Waals surface area contributed by atoms with Gasteiger partial charge < -0.3 is 15.8 Å². The lowest BCUT2D eigenvalue weighted by Crippen LogP contribution is -2.56. The molecule has 1 fully saturated rings. The van der Waals surface area contributed by atoms with Crippen LogP contribution in [-0.4, -0.2) is 24.1 Å². The van der Waals surface area contributed by atoms with E-state index in [-0.39, 0.29) is 30.2 Å². The van der Waals surface area contributed by atoms with Crippen LogP contribution in [0.3, 0.4) is 0 Å². The van der Waals surface area contributed by atoms with E-state index in [1.54, 1.807) is 25.1 Å². The third kappa shape index (κ3) is 4.85. The summed E-state index contributed by atoms with van der Waals surface area (Å²) in [6, 6.07) is 6.23. The van der Waals surface area contributed by atoms with Crippen molar-refractivity contribution in [3.8, 4) is 5.75 Å². The Morgan fingerprint density at radius 1 is 1.36 bits per heavy atom. The van der Waals surface area contributed by atoms with E-state index in [9.17, 15) is 9.18 Å². The van der Waals surface area contributed by atoms with E-state index in [4.69, 9.17) is 10.5 Å². The number of nitrogens with two attached hydrogens (primary N) is 1. The molecule has 2 rings (SSSR count). The van der Waals surface area contributed by atoms with Crippen LogP contribution in [0.15, 0.2) is 24.3 Å². The molecule has 0 heterocycles. The second-order valence-electron chi connectivity index (χ2n) is 5.79. The van der Waals surface area contributed by atoms with Gasteiger partial charge in [0.2, 0.25) is 5.91 Å². The Morgan fingerprint density at radius 2 is 2.00 bits per heavy atom. The summed E-state index contributed by atoms with van der Waals surface area (Å²) >= 11 is 0. The molecule has 1 amide bonds. The first-order chi connectivity index (χ1) is 10.0. The van der Waals surface area contributed by atoms with E-state index in [0.29, 0.717) is 6.54 Å². The SMILES string of the molecule is CC(CNC(=O)C1(N)CCCCC1)Oc1ccccc1F.Cl. The van der Waals surface area contributed by atoms with Crippen molar-refractivity contribution in [2.24, 2.45) is 5.73 Å². The molecule has 1 aromatic rings. The number of carbonyl (C=O) groups excluding carboxylic acids is 1. The second kappa shape index (κ2) is 8.34. The lowest BCUT2D eigenvalue weighted by molar-refractivity contribution is -0.127. The minimum atomic E-state index is -0.754. The van der Waals surface area contributed by atoms with Gasteiger partial charge in [0, 0.05) is 0 Å². The lowest BCUT2D eigenvalue weighted by Gasteiger charge is -2.32. The number of rotatable bonds is 5. The van der Waals surface area contributed by atoms with Gasteiger partial charge in [0.15, 0.2) is 11.6 Å². The van der Waals surface area contributed by atoms with Crippen LogP contribution < -0.4 is 15.8 Å². The third-order valence-corrected chi connectivity index (χ3v) is 3.91. The van der Waals surface area contributed by atoms with Crippen molar-refractivity contribution in [2.75, 3.05) is 6.54 Å². The third-order valence-electron chi connectivity index (χ3n) is 3.91. The molecular formula is C16H24ClFN2O2. The van der Waals surface area contributed by atoms with Gasteiger partial charge in [-0.15, -0.1) is 12.4 Å². The molecule has 0 spiro atoms. The van der Waals surface area contributed by atoms with Gasteiger partial charge in [0.05, 0.1) is 12.1 Å². The van der Waals surface area contributed by atoms with Gasteiger partial charge in [-0.25, -0.2) is 4.39 Å². The van der Waals surface area contributed by atoms with Crippen LogP contribution in [0.25, 0.3) is 0 Å². The number of para-hydroxylation sites is 1. The molecule has 6 heteroatoms. The van der Waals surface area contributed by atoms with Crippen molar-refractivity contribution in [3.05, 3.63) is 30.1 Å². The number of nitrogens with one attached hydrogen (secondary N) is 1. The molecule has 1 aliphatic rings. The minimum absolute atomic E-state index is 0. The summed E-state index contributed by atoms with van der Waals surface area (Å²) < 4.78 is 19.0. The van der Waals surface area contributed by atoms with Gasteiger partial charge in [-0.1, -0.05) is 31.4 Å². The van der Waals surface area contributed by atoms with Crippen LogP contribution in [-0.2, 0) is 4.79 Å². The molecule has 1 aromatic carbocycles. The summed E-state index contributed by atoms with van der Waals surface area (Å²) in [4.78, 5) is 12.2. The number of hydrogen-bond acceptors (Lipinski definition) is 3. The molecule has 4 nitrogen and oxygen atoms in total. The maximum atomic E-state index is 13.5.